The molecule has 0 radical (unpaired) electrons. The SMILES string of the molecule is CCC(=O)NCCCCC(NC(=O)COCCOCCNC(=O)CCC(NC(=O)CCC(NC(=O)CCCS(C)(=O)=O)C(=O)O)C(=O)O)C(=O)O. The van der Waals surface area contributed by atoms with Crippen LogP contribution in [-0.2, 0) is 57.7 Å². The lowest BCUT2D eigenvalue weighted by atomic mass is 10.1. The number of rotatable bonds is 30. The van der Waals surface area contributed by atoms with E-state index in [0.29, 0.717) is 25.8 Å². The van der Waals surface area contributed by atoms with Crippen LogP contribution in [0.4, 0.5) is 0 Å². The van der Waals surface area contributed by atoms with Gasteiger partial charge in [0.1, 0.15) is 34.6 Å². The summed E-state index contributed by atoms with van der Waals surface area (Å²) in [6.45, 7) is 1.90. The molecule has 5 amide bonds. The van der Waals surface area contributed by atoms with Crippen LogP contribution in [0.3, 0.4) is 0 Å². The van der Waals surface area contributed by atoms with E-state index in [1.807, 2.05) is 0 Å². The smallest absolute Gasteiger partial charge is 0.326 e. The molecule has 3 atom stereocenters. The van der Waals surface area contributed by atoms with Gasteiger partial charge in [-0.1, -0.05) is 6.92 Å². The summed E-state index contributed by atoms with van der Waals surface area (Å²) in [6.07, 6.45) is 0.952. The number of carbonyl (C=O) groups is 8. The van der Waals surface area contributed by atoms with Gasteiger partial charge in [-0.3, -0.25) is 24.0 Å². The molecule has 0 aromatic carbocycles. The van der Waals surface area contributed by atoms with Crippen LogP contribution in [0.15, 0.2) is 0 Å². The molecule has 0 aromatic rings. The highest BCUT2D eigenvalue weighted by atomic mass is 32.2. The van der Waals surface area contributed by atoms with Crippen molar-refractivity contribution in [2.45, 2.75) is 89.3 Å². The van der Waals surface area contributed by atoms with Crippen LogP contribution in [0, 0.1) is 0 Å². The third-order valence-corrected chi connectivity index (χ3v) is 7.91. The highest BCUT2D eigenvalue weighted by Gasteiger charge is 2.25. The van der Waals surface area contributed by atoms with E-state index in [1.165, 1.54) is 0 Å². The average Bonchev–Trinajstić information content (AvgIpc) is 3.04. The average molecular weight is 754 g/mol. The maximum Gasteiger partial charge on any atom is 0.326 e. The molecule has 0 rings (SSSR count). The van der Waals surface area contributed by atoms with Crippen molar-refractivity contribution in [1.82, 2.24) is 26.6 Å². The number of aliphatic carboxylic acids is 3. The summed E-state index contributed by atoms with van der Waals surface area (Å²) in [6, 6.07) is -4.02. The summed E-state index contributed by atoms with van der Waals surface area (Å²) in [7, 11) is -3.30. The van der Waals surface area contributed by atoms with E-state index in [4.69, 9.17) is 9.47 Å². The molecule has 20 nitrogen and oxygen atoms in total. The Balaban J connectivity index is 4.26. The van der Waals surface area contributed by atoms with Gasteiger partial charge in [-0.15, -0.1) is 0 Å². The first-order chi connectivity index (χ1) is 23.9. The summed E-state index contributed by atoms with van der Waals surface area (Å²) < 4.78 is 32.8. The van der Waals surface area contributed by atoms with Gasteiger partial charge in [0.15, 0.2) is 0 Å². The second-order valence-corrected chi connectivity index (χ2v) is 13.7. The van der Waals surface area contributed by atoms with Gasteiger partial charge in [0.2, 0.25) is 29.5 Å². The molecule has 8 N–H and O–H groups in total. The molecular weight excluding hydrogens is 702 g/mol. The molecule has 0 fully saturated rings. The number of ether oxygens (including phenoxy) is 2. The van der Waals surface area contributed by atoms with E-state index in [1.54, 1.807) is 6.92 Å². The van der Waals surface area contributed by atoms with Gasteiger partial charge in [-0.2, -0.15) is 0 Å². The molecule has 0 bridgehead atoms. The quantitative estimate of drug-likeness (QED) is 0.0365. The Morgan fingerprint density at radius 2 is 1.06 bits per heavy atom. The number of hydrogen-bond acceptors (Lipinski definition) is 12. The van der Waals surface area contributed by atoms with Crippen molar-refractivity contribution >= 4 is 57.3 Å². The van der Waals surface area contributed by atoms with Gasteiger partial charge < -0.3 is 51.4 Å². The Bertz CT molecular complexity index is 1280. The number of carboxylic acids is 3. The number of amides is 5. The first-order valence-corrected chi connectivity index (χ1v) is 18.4. The van der Waals surface area contributed by atoms with Crippen molar-refractivity contribution in [3.05, 3.63) is 0 Å². The summed E-state index contributed by atoms with van der Waals surface area (Å²) in [5, 5.41) is 40.0. The number of carboxylic acid groups (broad SMARTS) is 3. The Labute approximate surface area is 296 Å². The van der Waals surface area contributed by atoms with Gasteiger partial charge in [0, 0.05) is 45.0 Å². The zero-order chi connectivity index (χ0) is 38.8. The van der Waals surface area contributed by atoms with Crippen molar-refractivity contribution < 1.29 is 71.6 Å². The predicted octanol–water partition coefficient (Wildman–Crippen LogP) is -2.07. The molecule has 51 heavy (non-hydrogen) atoms. The van der Waals surface area contributed by atoms with E-state index in [2.05, 4.69) is 26.6 Å². The number of carbonyl (C=O) groups excluding carboxylic acids is 5. The molecule has 0 aliphatic rings. The van der Waals surface area contributed by atoms with Crippen molar-refractivity contribution in [2.75, 3.05) is 51.5 Å². The largest absolute Gasteiger partial charge is 0.480 e. The molecule has 0 heterocycles. The van der Waals surface area contributed by atoms with Crippen LogP contribution in [-0.4, -0.2) is 141 Å². The fraction of sp³-hybridized carbons (Fsp3) is 0.733. The van der Waals surface area contributed by atoms with Crippen LogP contribution in [0.25, 0.3) is 0 Å². The van der Waals surface area contributed by atoms with Crippen LogP contribution in [0.1, 0.15) is 71.1 Å². The van der Waals surface area contributed by atoms with Gasteiger partial charge in [0.05, 0.1) is 25.6 Å². The normalized spacial score (nSPS) is 12.8. The first kappa shape index (κ1) is 46.6. The Morgan fingerprint density at radius 1 is 0.569 bits per heavy atom. The van der Waals surface area contributed by atoms with Crippen LogP contribution in [0.5, 0.6) is 0 Å². The number of sulfone groups is 1. The molecule has 292 valence electrons. The molecule has 0 aliphatic heterocycles. The van der Waals surface area contributed by atoms with E-state index in [-0.39, 0.29) is 76.6 Å². The Kier molecular flexibility index (Phi) is 24.2. The minimum atomic E-state index is -3.30. The fourth-order valence-corrected chi connectivity index (χ4v) is 4.82. The summed E-state index contributed by atoms with van der Waals surface area (Å²) in [5.74, 6) is -7.10. The van der Waals surface area contributed by atoms with E-state index >= 15 is 0 Å². The molecular formula is C30H51N5O15S. The van der Waals surface area contributed by atoms with Crippen molar-refractivity contribution in [2.24, 2.45) is 0 Å². The molecule has 0 aromatic heterocycles. The maximum atomic E-state index is 12.3. The van der Waals surface area contributed by atoms with Crippen LogP contribution >= 0.6 is 0 Å². The lowest BCUT2D eigenvalue weighted by molar-refractivity contribution is -0.143. The van der Waals surface area contributed by atoms with Crippen molar-refractivity contribution in [3.8, 4) is 0 Å². The molecule has 0 aliphatic carbocycles. The molecule has 3 unspecified atom stereocenters. The number of unbranched alkanes of at least 4 members (excludes halogenated alkanes) is 1. The highest BCUT2D eigenvalue weighted by Crippen LogP contribution is 2.05. The van der Waals surface area contributed by atoms with Gasteiger partial charge in [0.25, 0.3) is 0 Å². The van der Waals surface area contributed by atoms with E-state index in [0.717, 1.165) is 6.26 Å². The summed E-state index contributed by atoms with van der Waals surface area (Å²) in [5.41, 5.74) is 0. The zero-order valence-electron chi connectivity index (χ0n) is 28.9. The minimum Gasteiger partial charge on any atom is -0.480 e. The van der Waals surface area contributed by atoms with Crippen molar-refractivity contribution in [3.63, 3.8) is 0 Å². The second-order valence-electron chi connectivity index (χ2n) is 11.4. The standard InChI is InChI=1S/C30H51N5O15S/c1-3-23(36)31-13-5-4-7-20(28(41)42)35-27(40)19-50-17-16-49-15-14-32-24(37)11-9-21(29(43)44)34-26(39)12-10-22(30(45)46)33-25(38)8-6-18-51(2,47)48/h20-22H,3-19H2,1-2H3,(H,31,36)(H,32,37)(H,33,38)(H,34,39)(H,35,40)(H,41,42)(H,43,44)(H,45,46). The fourth-order valence-electron chi connectivity index (χ4n) is 4.15. The van der Waals surface area contributed by atoms with Gasteiger partial charge in [-0.05, 0) is 38.5 Å². The molecule has 0 saturated carbocycles. The third-order valence-electron chi connectivity index (χ3n) is 6.88. The lowest BCUT2D eigenvalue weighted by Crippen LogP contribution is -2.44. The summed E-state index contributed by atoms with van der Waals surface area (Å²) >= 11 is 0. The minimum absolute atomic E-state index is 0.00118. The molecule has 0 spiro atoms. The zero-order valence-corrected chi connectivity index (χ0v) is 29.7. The van der Waals surface area contributed by atoms with Crippen LogP contribution < -0.4 is 26.6 Å². The van der Waals surface area contributed by atoms with E-state index in [9.17, 15) is 62.1 Å². The predicted molar refractivity (Wildman–Crippen MR) is 178 cm³/mol. The maximum absolute atomic E-state index is 12.3. The van der Waals surface area contributed by atoms with Gasteiger partial charge in [-0.25, -0.2) is 22.8 Å². The van der Waals surface area contributed by atoms with Gasteiger partial charge >= 0.3 is 17.9 Å². The lowest BCUT2D eigenvalue weighted by Gasteiger charge is -2.17. The number of nitrogens with one attached hydrogen (secondary N) is 5. The number of hydrogen-bond donors (Lipinski definition) is 8. The van der Waals surface area contributed by atoms with Crippen molar-refractivity contribution in [1.29, 1.82) is 0 Å². The Hall–Kier alpha value is -4.37. The van der Waals surface area contributed by atoms with E-state index < -0.39 is 82.5 Å². The van der Waals surface area contributed by atoms with Crippen LogP contribution in [0.2, 0.25) is 0 Å². The topological polar surface area (TPSA) is 310 Å². The summed E-state index contributed by atoms with van der Waals surface area (Å²) in [4.78, 5) is 94.0. The second kappa shape index (κ2) is 26.4. The monoisotopic (exact) mass is 753 g/mol. The molecule has 0 saturated heterocycles. The molecule has 21 heteroatoms. The Morgan fingerprint density at radius 3 is 1.61 bits per heavy atom. The highest BCUT2D eigenvalue weighted by molar-refractivity contribution is 7.90. The first-order valence-electron chi connectivity index (χ1n) is 16.4. The third kappa shape index (κ3) is 26.2.